The van der Waals surface area contributed by atoms with E-state index in [1.165, 1.54) is 7.11 Å². The summed E-state index contributed by atoms with van der Waals surface area (Å²) in [6.07, 6.45) is -0.325. The fourth-order valence-corrected chi connectivity index (χ4v) is 1.21. The third kappa shape index (κ3) is 1.86. The van der Waals surface area contributed by atoms with E-state index < -0.39 is 0 Å². The van der Waals surface area contributed by atoms with Crippen LogP contribution in [-0.4, -0.2) is 50.4 Å². The van der Waals surface area contributed by atoms with Crippen LogP contribution in [0.15, 0.2) is 0 Å². The second kappa shape index (κ2) is 4.27. The molecule has 70 valence electrons. The SMILES string of the molecule is COC(=O)N1CCOCC1CN. The number of rotatable bonds is 1. The molecule has 0 aliphatic carbocycles. The van der Waals surface area contributed by atoms with E-state index in [0.717, 1.165) is 0 Å². The van der Waals surface area contributed by atoms with Crippen LogP contribution in [0.25, 0.3) is 0 Å². The molecule has 1 amide bonds. The second-order valence-electron chi connectivity index (χ2n) is 2.63. The molecule has 1 heterocycles. The highest BCUT2D eigenvalue weighted by Gasteiger charge is 2.26. The van der Waals surface area contributed by atoms with Gasteiger partial charge in [0.25, 0.3) is 0 Å². The van der Waals surface area contributed by atoms with Crippen LogP contribution in [0.2, 0.25) is 0 Å². The first-order valence-corrected chi connectivity index (χ1v) is 3.92. The van der Waals surface area contributed by atoms with Crippen LogP contribution in [-0.2, 0) is 9.47 Å². The maximum absolute atomic E-state index is 11.1. The molecule has 1 atom stereocenters. The minimum Gasteiger partial charge on any atom is -0.453 e. The lowest BCUT2D eigenvalue weighted by Crippen LogP contribution is -2.51. The average molecular weight is 174 g/mol. The molecular formula is C7H14N2O3. The van der Waals surface area contributed by atoms with E-state index in [2.05, 4.69) is 4.74 Å². The number of hydrogen-bond donors (Lipinski definition) is 1. The molecule has 0 aromatic heterocycles. The van der Waals surface area contributed by atoms with Crippen molar-refractivity contribution in [1.29, 1.82) is 0 Å². The van der Waals surface area contributed by atoms with E-state index in [0.29, 0.717) is 26.3 Å². The zero-order valence-electron chi connectivity index (χ0n) is 7.16. The van der Waals surface area contributed by atoms with E-state index in [1.54, 1.807) is 4.90 Å². The van der Waals surface area contributed by atoms with Gasteiger partial charge in [-0.15, -0.1) is 0 Å². The summed E-state index contributed by atoms with van der Waals surface area (Å²) in [5.74, 6) is 0. The monoisotopic (exact) mass is 174 g/mol. The lowest BCUT2D eigenvalue weighted by atomic mass is 10.2. The van der Waals surface area contributed by atoms with Crippen LogP contribution < -0.4 is 5.73 Å². The summed E-state index contributed by atoms with van der Waals surface area (Å²) in [6.45, 7) is 2.04. The Kier molecular flexibility index (Phi) is 3.31. The molecule has 5 heteroatoms. The molecule has 2 N–H and O–H groups in total. The molecule has 0 spiro atoms. The van der Waals surface area contributed by atoms with Crippen LogP contribution in [0.4, 0.5) is 4.79 Å². The fourth-order valence-electron chi connectivity index (χ4n) is 1.21. The lowest BCUT2D eigenvalue weighted by molar-refractivity contribution is -0.00135. The molecular weight excluding hydrogens is 160 g/mol. The minimum atomic E-state index is -0.325. The number of nitrogens with zero attached hydrogens (tertiary/aromatic N) is 1. The molecule has 1 rings (SSSR count). The summed E-state index contributed by atoms with van der Waals surface area (Å²) in [7, 11) is 1.37. The van der Waals surface area contributed by atoms with Crippen molar-refractivity contribution >= 4 is 6.09 Å². The highest BCUT2D eigenvalue weighted by molar-refractivity contribution is 5.68. The van der Waals surface area contributed by atoms with Crippen molar-refractivity contribution in [3.8, 4) is 0 Å². The van der Waals surface area contributed by atoms with E-state index in [4.69, 9.17) is 10.5 Å². The number of hydrogen-bond acceptors (Lipinski definition) is 4. The summed E-state index contributed by atoms with van der Waals surface area (Å²) in [6, 6.07) is -0.0359. The van der Waals surface area contributed by atoms with E-state index >= 15 is 0 Å². The molecule has 1 aliphatic rings. The first-order valence-electron chi connectivity index (χ1n) is 3.92. The Labute approximate surface area is 71.4 Å². The topological polar surface area (TPSA) is 64.8 Å². The molecule has 0 aromatic carbocycles. The number of nitrogens with two attached hydrogens (primary N) is 1. The van der Waals surface area contributed by atoms with Gasteiger partial charge in [0, 0.05) is 13.1 Å². The Bertz CT molecular complexity index is 163. The van der Waals surface area contributed by atoms with Gasteiger partial charge in [-0.05, 0) is 0 Å². The van der Waals surface area contributed by atoms with Crippen molar-refractivity contribution in [3.63, 3.8) is 0 Å². The van der Waals surface area contributed by atoms with Crippen LogP contribution in [0, 0.1) is 0 Å². The van der Waals surface area contributed by atoms with Gasteiger partial charge in [0.05, 0.1) is 26.4 Å². The predicted molar refractivity (Wildman–Crippen MR) is 42.8 cm³/mol. The normalized spacial score (nSPS) is 23.8. The Morgan fingerprint density at radius 2 is 2.58 bits per heavy atom. The van der Waals surface area contributed by atoms with E-state index in [-0.39, 0.29) is 12.1 Å². The van der Waals surface area contributed by atoms with Crippen LogP contribution >= 0.6 is 0 Å². The van der Waals surface area contributed by atoms with Crippen molar-refractivity contribution < 1.29 is 14.3 Å². The highest BCUT2D eigenvalue weighted by atomic mass is 16.5. The Balaban J connectivity index is 2.52. The van der Waals surface area contributed by atoms with E-state index in [1.807, 2.05) is 0 Å². The first-order chi connectivity index (χ1) is 5.79. The standard InChI is InChI=1S/C7H14N2O3/c1-11-7(10)9-2-3-12-5-6(9)4-8/h6H,2-5,8H2,1H3. The summed E-state index contributed by atoms with van der Waals surface area (Å²) in [5.41, 5.74) is 5.46. The highest BCUT2D eigenvalue weighted by Crippen LogP contribution is 2.06. The zero-order valence-corrected chi connectivity index (χ0v) is 7.16. The van der Waals surface area contributed by atoms with Crippen LogP contribution in [0.3, 0.4) is 0 Å². The smallest absolute Gasteiger partial charge is 0.409 e. The summed E-state index contributed by atoms with van der Waals surface area (Å²) in [4.78, 5) is 12.7. The second-order valence-corrected chi connectivity index (χ2v) is 2.63. The molecule has 0 aromatic rings. The first kappa shape index (κ1) is 9.28. The van der Waals surface area contributed by atoms with Crippen molar-refractivity contribution in [2.75, 3.05) is 33.4 Å². The van der Waals surface area contributed by atoms with Gasteiger partial charge in [-0.2, -0.15) is 0 Å². The zero-order chi connectivity index (χ0) is 8.97. The van der Waals surface area contributed by atoms with Crippen LogP contribution in [0.1, 0.15) is 0 Å². The third-order valence-corrected chi connectivity index (χ3v) is 1.91. The largest absolute Gasteiger partial charge is 0.453 e. The van der Waals surface area contributed by atoms with Gasteiger partial charge in [-0.25, -0.2) is 4.79 Å². The van der Waals surface area contributed by atoms with Gasteiger partial charge < -0.3 is 15.2 Å². The fraction of sp³-hybridized carbons (Fsp3) is 0.857. The van der Waals surface area contributed by atoms with Gasteiger partial charge >= 0.3 is 6.09 Å². The molecule has 1 fully saturated rings. The number of amides is 1. The van der Waals surface area contributed by atoms with Crippen molar-refractivity contribution in [2.45, 2.75) is 6.04 Å². The quantitative estimate of drug-likeness (QED) is 0.577. The molecule has 0 radical (unpaired) electrons. The van der Waals surface area contributed by atoms with Gasteiger partial charge in [0.1, 0.15) is 0 Å². The van der Waals surface area contributed by atoms with Gasteiger partial charge in [0.2, 0.25) is 0 Å². The summed E-state index contributed by atoms with van der Waals surface area (Å²) in [5, 5.41) is 0. The maximum Gasteiger partial charge on any atom is 0.409 e. The average Bonchev–Trinajstić information content (AvgIpc) is 2.16. The summed E-state index contributed by atoms with van der Waals surface area (Å²) < 4.78 is 9.77. The third-order valence-electron chi connectivity index (χ3n) is 1.91. The van der Waals surface area contributed by atoms with Gasteiger partial charge in [-0.3, -0.25) is 4.90 Å². The van der Waals surface area contributed by atoms with Crippen molar-refractivity contribution in [2.24, 2.45) is 5.73 Å². The predicted octanol–water partition coefficient (Wildman–Crippen LogP) is -0.588. The minimum absolute atomic E-state index is 0.0359. The van der Waals surface area contributed by atoms with E-state index in [9.17, 15) is 4.79 Å². The number of carbonyl (C=O) groups is 1. The van der Waals surface area contributed by atoms with Crippen molar-refractivity contribution in [3.05, 3.63) is 0 Å². The maximum atomic E-state index is 11.1. The van der Waals surface area contributed by atoms with Gasteiger partial charge in [0.15, 0.2) is 0 Å². The lowest BCUT2D eigenvalue weighted by Gasteiger charge is -2.33. The molecule has 5 nitrogen and oxygen atoms in total. The molecule has 1 aliphatic heterocycles. The summed E-state index contributed by atoms with van der Waals surface area (Å²) >= 11 is 0. The number of morpholine rings is 1. The molecule has 1 unspecified atom stereocenters. The number of methoxy groups -OCH3 is 1. The number of ether oxygens (including phenoxy) is 2. The molecule has 12 heavy (non-hydrogen) atoms. The molecule has 1 saturated heterocycles. The Morgan fingerprint density at radius 3 is 3.17 bits per heavy atom. The van der Waals surface area contributed by atoms with Gasteiger partial charge in [-0.1, -0.05) is 0 Å². The Morgan fingerprint density at radius 1 is 1.83 bits per heavy atom. The Hall–Kier alpha value is -0.810. The van der Waals surface area contributed by atoms with Crippen molar-refractivity contribution in [1.82, 2.24) is 4.90 Å². The molecule has 0 saturated carbocycles. The molecule has 0 bridgehead atoms. The number of carbonyl (C=O) groups excluding carboxylic acids is 1. The van der Waals surface area contributed by atoms with Crippen LogP contribution in [0.5, 0.6) is 0 Å².